The molecule has 1 aromatic heterocycles. The van der Waals surface area contributed by atoms with Crippen LogP contribution in [0.1, 0.15) is 19.8 Å². The van der Waals surface area contributed by atoms with Gasteiger partial charge in [0, 0.05) is 25.0 Å². The van der Waals surface area contributed by atoms with E-state index in [1.807, 2.05) is 23.1 Å². The van der Waals surface area contributed by atoms with Crippen LogP contribution in [0.2, 0.25) is 0 Å². The van der Waals surface area contributed by atoms with Crippen LogP contribution in [-0.2, 0) is 6.54 Å². The van der Waals surface area contributed by atoms with E-state index in [1.165, 1.54) is 25.0 Å². The molecule has 1 fully saturated rings. The quantitative estimate of drug-likeness (QED) is 0.700. The Morgan fingerprint density at radius 2 is 2.47 bits per heavy atom. The zero-order valence-corrected chi connectivity index (χ0v) is 9.39. The standard InChI is InChI=1S/C12H19N3/c1-11(2)9-14-7-3-5-12(14)10-15-8-4-6-13-15/h4,6,8,12H,1,3,5,7,9-10H2,2H3. The minimum absolute atomic E-state index is 0.640. The highest BCUT2D eigenvalue weighted by atomic mass is 15.3. The molecule has 3 heteroatoms. The number of rotatable bonds is 4. The van der Waals surface area contributed by atoms with Crippen molar-refractivity contribution in [2.24, 2.45) is 0 Å². The van der Waals surface area contributed by atoms with Crippen LogP contribution in [-0.4, -0.2) is 33.8 Å². The van der Waals surface area contributed by atoms with E-state index in [-0.39, 0.29) is 0 Å². The highest BCUT2D eigenvalue weighted by Gasteiger charge is 2.24. The molecule has 1 atom stereocenters. The Balaban J connectivity index is 1.93. The van der Waals surface area contributed by atoms with Gasteiger partial charge in [-0.25, -0.2) is 0 Å². The fourth-order valence-corrected chi connectivity index (χ4v) is 2.28. The van der Waals surface area contributed by atoms with Gasteiger partial charge in [-0.1, -0.05) is 12.2 Å². The van der Waals surface area contributed by atoms with Gasteiger partial charge in [0.05, 0.1) is 6.54 Å². The molecule has 0 aromatic carbocycles. The molecule has 2 rings (SSSR count). The summed E-state index contributed by atoms with van der Waals surface area (Å²) in [5, 5.41) is 4.26. The molecule has 0 spiro atoms. The highest BCUT2D eigenvalue weighted by molar-refractivity contribution is 4.95. The Bertz CT molecular complexity index is 316. The third kappa shape index (κ3) is 2.69. The normalized spacial score (nSPS) is 22.1. The van der Waals surface area contributed by atoms with Crippen molar-refractivity contribution in [2.45, 2.75) is 32.4 Å². The first-order chi connectivity index (χ1) is 7.25. The van der Waals surface area contributed by atoms with Crippen molar-refractivity contribution in [3.63, 3.8) is 0 Å². The summed E-state index contributed by atoms with van der Waals surface area (Å²) in [4.78, 5) is 2.52. The van der Waals surface area contributed by atoms with Gasteiger partial charge in [0.1, 0.15) is 0 Å². The van der Waals surface area contributed by atoms with Gasteiger partial charge in [-0.2, -0.15) is 5.10 Å². The van der Waals surface area contributed by atoms with Crippen molar-refractivity contribution < 1.29 is 0 Å². The summed E-state index contributed by atoms with van der Waals surface area (Å²) < 4.78 is 2.03. The minimum atomic E-state index is 0.640. The lowest BCUT2D eigenvalue weighted by molar-refractivity contribution is 0.245. The maximum atomic E-state index is 4.26. The van der Waals surface area contributed by atoms with Gasteiger partial charge in [-0.3, -0.25) is 9.58 Å². The van der Waals surface area contributed by atoms with Gasteiger partial charge in [-0.05, 0) is 32.4 Å². The van der Waals surface area contributed by atoms with Crippen molar-refractivity contribution in [1.29, 1.82) is 0 Å². The van der Waals surface area contributed by atoms with Crippen LogP contribution in [0, 0.1) is 0 Å². The lowest BCUT2D eigenvalue weighted by atomic mass is 10.2. The predicted octanol–water partition coefficient (Wildman–Crippen LogP) is 1.92. The Labute approximate surface area is 91.4 Å². The first-order valence-electron chi connectivity index (χ1n) is 5.61. The summed E-state index contributed by atoms with van der Waals surface area (Å²) in [7, 11) is 0. The fraction of sp³-hybridized carbons (Fsp3) is 0.583. The van der Waals surface area contributed by atoms with E-state index >= 15 is 0 Å². The van der Waals surface area contributed by atoms with Crippen molar-refractivity contribution in [1.82, 2.24) is 14.7 Å². The number of hydrogen-bond acceptors (Lipinski definition) is 2. The molecule has 3 nitrogen and oxygen atoms in total. The summed E-state index contributed by atoms with van der Waals surface area (Å²) in [5.41, 5.74) is 1.25. The minimum Gasteiger partial charge on any atom is -0.295 e. The second kappa shape index (κ2) is 4.62. The lowest BCUT2D eigenvalue weighted by Crippen LogP contribution is -2.34. The molecule has 1 unspecified atom stereocenters. The summed E-state index contributed by atoms with van der Waals surface area (Å²) in [6.45, 7) is 9.34. The molecule has 1 aromatic rings. The first-order valence-corrected chi connectivity index (χ1v) is 5.61. The molecule has 0 amide bonds. The molecule has 1 aliphatic heterocycles. The third-order valence-electron chi connectivity index (χ3n) is 2.93. The van der Waals surface area contributed by atoms with E-state index in [0.717, 1.165) is 13.1 Å². The average molecular weight is 205 g/mol. The molecule has 0 radical (unpaired) electrons. The SMILES string of the molecule is C=C(C)CN1CCCC1Cn1cccn1. The van der Waals surface area contributed by atoms with Crippen LogP contribution in [0.3, 0.4) is 0 Å². The summed E-state index contributed by atoms with van der Waals surface area (Å²) in [6, 6.07) is 2.62. The van der Waals surface area contributed by atoms with Gasteiger partial charge in [-0.15, -0.1) is 0 Å². The Morgan fingerprint density at radius 3 is 3.13 bits per heavy atom. The molecule has 1 saturated heterocycles. The van der Waals surface area contributed by atoms with Crippen molar-refractivity contribution in [2.75, 3.05) is 13.1 Å². The van der Waals surface area contributed by atoms with Crippen molar-refractivity contribution in [3.05, 3.63) is 30.6 Å². The molecule has 15 heavy (non-hydrogen) atoms. The topological polar surface area (TPSA) is 21.1 Å². The van der Waals surface area contributed by atoms with Crippen LogP contribution in [0.25, 0.3) is 0 Å². The van der Waals surface area contributed by atoms with E-state index in [0.29, 0.717) is 6.04 Å². The van der Waals surface area contributed by atoms with Gasteiger partial charge < -0.3 is 0 Å². The number of aromatic nitrogens is 2. The van der Waals surface area contributed by atoms with E-state index in [2.05, 4.69) is 23.5 Å². The van der Waals surface area contributed by atoms with Gasteiger partial charge >= 0.3 is 0 Å². The maximum absolute atomic E-state index is 4.26. The van der Waals surface area contributed by atoms with Crippen LogP contribution in [0.15, 0.2) is 30.6 Å². The van der Waals surface area contributed by atoms with Crippen molar-refractivity contribution in [3.8, 4) is 0 Å². The smallest absolute Gasteiger partial charge is 0.0565 e. The van der Waals surface area contributed by atoms with E-state index in [1.54, 1.807) is 0 Å². The molecule has 0 bridgehead atoms. The number of likely N-dealkylation sites (tertiary alicyclic amines) is 1. The molecule has 0 saturated carbocycles. The monoisotopic (exact) mass is 205 g/mol. The molecule has 82 valence electrons. The van der Waals surface area contributed by atoms with E-state index < -0.39 is 0 Å². The fourth-order valence-electron chi connectivity index (χ4n) is 2.28. The van der Waals surface area contributed by atoms with E-state index in [4.69, 9.17) is 0 Å². The molecular weight excluding hydrogens is 186 g/mol. The lowest BCUT2D eigenvalue weighted by Gasteiger charge is -2.24. The Kier molecular flexibility index (Phi) is 3.21. The molecular formula is C12H19N3. The summed E-state index contributed by atoms with van der Waals surface area (Å²) >= 11 is 0. The molecule has 1 aliphatic rings. The third-order valence-corrected chi connectivity index (χ3v) is 2.93. The average Bonchev–Trinajstić information content (AvgIpc) is 2.78. The first kappa shape index (κ1) is 10.4. The van der Waals surface area contributed by atoms with Crippen molar-refractivity contribution >= 4 is 0 Å². The Hall–Kier alpha value is -1.09. The molecule has 2 heterocycles. The summed E-state index contributed by atoms with van der Waals surface area (Å²) in [6.07, 6.45) is 6.47. The maximum Gasteiger partial charge on any atom is 0.0565 e. The molecule has 0 aliphatic carbocycles. The van der Waals surface area contributed by atoms with Crippen LogP contribution >= 0.6 is 0 Å². The zero-order chi connectivity index (χ0) is 10.7. The van der Waals surface area contributed by atoms with Gasteiger partial charge in [0.15, 0.2) is 0 Å². The largest absolute Gasteiger partial charge is 0.295 e. The second-order valence-electron chi connectivity index (χ2n) is 4.45. The number of nitrogens with zero attached hydrogens (tertiary/aromatic N) is 3. The Morgan fingerprint density at radius 1 is 1.60 bits per heavy atom. The van der Waals surface area contributed by atoms with Crippen LogP contribution < -0.4 is 0 Å². The zero-order valence-electron chi connectivity index (χ0n) is 9.39. The summed E-state index contributed by atoms with van der Waals surface area (Å²) in [5.74, 6) is 0. The molecule has 0 N–H and O–H groups in total. The second-order valence-corrected chi connectivity index (χ2v) is 4.45. The van der Waals surface area contributed by atoms with E-state index in [9.17, 15) is 0 Å². The highest BCUT2D eigenvalue weighted by Crippen LogP contribution is 2.19. The predicted molar refractivity (Wildman–Crippen MR) is 61.6 cm³/mol. The van der Waals surface area contributed by atoms with Crippen LogP contribution in [0.5, 0.6) is 0 Å². The van der Waals surface area contributed by atoms with Gasteiger partial charge in [0.2, 0.25) is 0 Å². The number of hydrogen-bond donors (Lipinski definition) is 0. The van der Waals surface area contributed by atoms with Crippen LogP contribution in [0.4, 0.5) is 0 Å². The van der Waals surface area contributed by atoms with Gasteiger partial charge in [0.25, 0.3) is 0 Å².